The first-order valence-corrected chi connectivity index (χ1v) is 6.95. The van der Waals surface area contributed by atoms with Crippen LogP contribution in [-0.2, 0) is 13.6 Å². The van der Waals surface area contributed by atoms with Gasteiger partial charge in [-0.15, -0.1) is 0 Å². The number of hydrogen-bond acceptors (Lipinski definition) is 3. The largest absolute Gasteiger partial charge is 0.495 e. The third-order valence-electron chi connectivity index (χ3n) is 2.87. The van der Waals surface area contributed by atoms with Crippen molar-refractivity contribution in [2.45, 2.75) is 13.5 Å². The molecule has 0 unspecified atom stereocenters. The van der Waals surface area contributed by atoms with Crippen molar-refractivity contribution in [3.8, 4) is 5.75 Å². The maximum atomic E-state index is 5.99. The van der Waals surface area contributed by atoms with Gasteiger partial charge in [0.05, 0.1) is 34.5 Å². The van der Waals surface area contributed by atoms with E-state index in [2.05, 4.69) is 26.3 Å². The van der Waals surface area contributed by atoms with E-state index in [4.69, 9.17) is 16.3 Å². The summed E-state index contributed by atoms with van der Waals surface area (Å²) in [4.78, 5) is 0. The predicted molar refractivity (Wildman–Crippen MR) is 81.0 cm³/mol. The van der Waals surface area contributed by atoms with Crippen LogP contribution in [0.4, 0.5) is 5.69 Å². The Bertz CT molecular complexity index is 598. The summed E-state index contributed by atoms with van der Waals surface area (Å²) < 4.78 is 8.08. The molecule has 0 radical (unpaired) electrons. The highest BCUT2D eigenvalue weighted by atomic mass is 79.9. The lowest BCUT2D eigenvalue weighted by molar-refractivity contribution is 0.415. The van der Waals surface area contributed by atoms with Crippen LogP contribution in [0, 0.1) is 6.92 Å². The molecule has 1 aromatic carbocycles. The lowest BCUT2D eigenvalue weighted by Crippen LogP contribution is -2.06. The summed E-state index contributed by atoms with van der Waals surface area (Å²) in [6.45, 7) is 2.64. The highest BCUT2D eigenvalue weighted by Crippen LogP contribution is 2.28. The molecular formula is C13H15BrClN3O. The number of nitrogens with one attached hydrogen (secondary N) is 1. The minimum atomic E-state index is 0.602. The molecule has 0 aliphatic heterocycles. The van der Waals surface area contributed by atoms with E-state index in [-0.39, 0.29) is 0 Å². The van der Waals surface area contributed by atoms with Crippen molar-refractivity contribution in [3.63, 3.8) is 0 Å². The zero-order valence-electron chi connectivity index (χ0n) is 11.0. The molecule has 0 amide bonds. The Morgan fingerprint density at radius 3 is 2.79 bits per heavy atom. The van der Waals surface area contributed by atoms with E-state index in [1.54, 1.807) is 7.11 Å². The molecule has 102 valence electrons. The third-order valence-corrected chi connectivity index (χ3v) is 4.22. The standard InChI is InChI=1S/C13H15BrClN3O/c1-8-13(14)11(18(2)17-8)7-16-9-4-5-10(15)12(6-9)19-3/h4-6,16H,7H2,1-3H3. The number of benzene rings is 1. The summed E-state index contributed by atoms with van der Waals surface area (Å²) in [5.74, 6) is 0.659. The second-order valence-corrected chi connectivity index (χ2v) is 5.37. The maximum absolute atomic E-state index is 5.99. The summed E-state index contributed by atoms with van der Waals surface area (Å²) in [5.41, 5.74) is 3.02. The second-order valence-electron chi connectivity index (χ2n) is 4.17. The van der Waals surface area contributed by atoms with E-state index in [1.807, 2.05) is 36.9 Å². The van der Waals surface area contributed by atoms with E-state index in [9.17, 15) is 0 Å². The number of halogens is 2. The number of ether oxygens (including phenoxy) is 1. The van der Waals surface area contributed by atoms with Crippen LogP contribution >= 0.6 is 27.5 Å². The van der Waals surface area contributed by atoms with Crippen LogP contribution in [0.2, 0.25) is 5.02 Å². The Morgan fingerprint density at radius 1 is 1.47 bits per heavy atom. The van der Waals surface area contributed by atoms with Gasteiger partial charge < -0.3 is 10.1 Å². The Balaban J connectivity index is 2.14. The third kappa shape index (κ3) is 3.04. The van der Waals surface area contributed by atoms with Crippen LogP contribution < -0.4 is 10.1 Å². The summed E-state index contributed by atoms with van der Waals surface area (Å²) in [6, 6.07) is 5.60. The van der Waals surface area contributed by atoms with Gasteiger partial charge in [0.1, 0.15) is 5.75 Å². The van der Waals surface area contributed by atoms with Crippen LogP contribution in [0.15, 0.2) is 22.7 Å². The summed E-state index contributed by atoms with van der Waals surface area (Å²) >= 11 is 9.54. The predicted octanol–water partition coefficient (Wildman–Crippen LogP) is 3.77. The number of hydrogen-bond donors (Lipinski definition) is 1. The molecule has 1 N–H and O–H groups in total. The van der Waals surface area contributed by atoms with Crippen LogP contribution in [0.5, 0.6) is 5.75 Å². The van der Waals surface area contributed by atoms with Crippen molar-refractivity contribution in [2.75, 3.05) is 12.4 Å². The fourth-order valence-electron chi connectivity index (χ4n) is 1.83. The summed E-state index contributed by atoms with van der Waals surface area (Å²) in [6.07, 6.45) is 0. The first-order valence-electron chi connectivity index (χ1n) is 5.78. The van der Waals surface area contributed by atoms with Crippen molar-refractivity contribution in [2.24, 2.45) is 7.05 Å². The van der Waals surface area contributed by atoms with Gasteiger partial charge in [0, 0.05) is 18.8 Å². The number of rotatable bonds is 4. The van der Waals surface area contributed by atoms with Crippen LogP contribution in [0.3, 0.4) is 0 Å². The van der Waals surface area contributed by atoms with E-state index in [0.717, 1.165) is 21.5 Å². The van der Waals surface area contributed by atoms with Crippen molar-refractivity contribution >= 4 is 33.2 Å². The maximum Gasteiger partial charge on any atom is 0.139 e. The average Bonchev–Trinajstić information content (AvgIpc) is 2.63. The van der Waals surface area contributed by atoms with Gasteiger partial charge in [0.2, 0.25) is 0 Å². The Hall–Kier alpha value is -1.20. The molecule has 1 aromatic heterocycles. The highest BCUT2D eigenvalue weighted by molar-refractivity contribution is 9.10. The Labute approximate surface area is 125 Å². The average molecular weight is 345 g/mol. The van der Waals surface area contributed by atoms with E-state index in [1.165, 1.54) is 0 Å². The molecule has 4 nitrogen and oxygen atoms in total. The van der Waals surface area contributed by atoms with Gasteiger partial charge in [-0.25, -0.2) is 0 Å². The summed E-state index contributed by atoms with van der Waals surface area (Å²) in [7, 11) is 3.53. The minimum absolute atomic E-state index is 0.602. The Kier molecular flexibility index (Phi) is 4.37. The fourth-order valence-corrected chi connectivity index (χ4v) is 2.50. The molecule has 19 heavy (non-hydrogen) atoms. The number of nitrogens with zero attached hydrogens (tertiary/aromatic N) is 2. The van der Waals surface area contributed by atoms with Crippen molar-refractivity contribution in [1.29, 1.82) is 0 Å². The highest BCUT2D eigenvalue weighted by Gasteiger charge is 2.10. The van der Waals surface area contributed by atoms with Gasteiger partial charge in [-0.2, -0.15) is 5.10 Å². The minimum Gasteiger partial charge on any atom is -0.495 e. The van der Waals surface area contributed by atoms with Crippen LogP contribution in [0.25, 0.3) is 0 Å². The van der Waals surface area contributed by atoms with Gasteiger partial charge >= 0.3 is 0 Å². The monoisotopic (exact) mass is 343 g/mol. The molecular weight excluding hydrogens is 330 g/mol. The molecule has 2 aromatic rings. The molecule has 0 aliphatic carbocycles. The van der Waals surface area contributed by atoms with Crippen molar-refractivity contribution in [3.05, 3.63) is 39.1 Å². The van der Waals surface area contributed by atoms with E-state index >= 15 is 0 Å². The van der Waals surface area contributed by atoms with Crippen molar-refractivity contribution in [1.82, 2.24) is 9.78 Å². The van der Waals surface area contributed by atoms with Gasteiger partial charge in [-0.1, -0.05) is 11.6 Å². The van der Waals surface area contributed by atoms with E-state index in [0.29, 0.717) is 17.3 Å². The fraction of sp³-hybridized carbons (Fsp3) is 0.308. The second kappa shape index (κ2) is 5.84. The number of aryl methyl sites for hydroxylation is 2. The SMILES string of the molecule is COc1cc(NCc2c(Br)c(C)nn2C)ccc1Cl. The number of aromatic nitrogens is 2. The van der Waals surface area contributed by atoms with Gasteiger partial charge in [-0.3, -0.25) is 4.68 Å². The first-order chi connectivity index (χ1) is 9.02. The van der Waals surface area contributed by atoms with Crippen LogP contribution in [0.1, 0.15) is 11.4 Å². The molecule has 1 heterocycles. The molecule has 0 bridgehead atoms. The molecule has 0 saturated carbocycles. The van der Waals surface area contributed by atoms with Gasteiger partial charge in [-0.05, 0) is 35.0 Å². The quantitative estimate of drug-likeness (QED) is 0.918. The molecule has 0 fully saturated rings. The lowest BCUT2D eigenvalue weighted by atomic mass is 10.3. The molecule has 0 atom stereocenters. The van der Waals surface area contributed by atoms with Gasteiger partial charge in [0.15, 0.2) is 0 Å². The first kappa shape index (κ1) is 14.2. The molecule has 2 rings (SSSR count). The number of anilines is 1. The molecule has 6 heteroatoms. The zero-order valence-corrected chi connectivity index (χ0v) is 13.3. The summed E-state index contributed by atoms with van der Waals surface area (Å²) in [5, 5.41) is 8.29. The lowest BCUT2D eigenvalue weighted by Gasteiger charge is -2.10. The van der Waals surface area contributed by atoms with Gasteiger partial charge in [0.25, 0.3) is 0 Å². The number of methoxy groups -OCH3 is 1. The smallest absolute Gasteiger partial charge is 0.139 e. The molecule has 0 aliphatic rings. The van der Waals surface area contributed by atoms with Crippen molar-refractivity contribution < 1.29 is 4.74 Å². The van der Waals surface area contributed by atoms with E-state index < -0.39 is 0 Å². The zero-order chi connectivity index (χ0) is 14.0. The Morgan fingerprint density at radius 2 is 2.21 bits per heavy atom. The normalized spacial score (nSPS) is 10.6. The molecule has 0 saturated heterocycles. The topological polar surface area (TPSA) is 39.1 Å². The molecule has 0 spiro atoms. The van der Waals surface area contributed by atoms with Crippen LogP contribution in [-0.4, -0.2) is 16.9 Å².